The van der Waals surface area contributed by atoms with Crippen molar-refractivity contribution >= 4 is 6.08 Å². The molecule has 1 rings (SSSR count). The van der Waals surface area contributed by atoms with E-state index in [9.17, 15) is 5.11 Å². The maximum Gasteiger partial charge on any atom is 0.0911 e. The van der Waals surface area contributed by atoms with Crippen LogP contribution in [0.1, 0.15) is 18.9 Å². The summed E-state index contributed by atoms with van der Waals surface area (Å²) in [4.78, 5) is 0. The van der Waals surface area contributed by atoms with Crippen molar-refractivity contribution in [2.45, 2.75) is 18.9 Å². The molecule has 0 aromatic heterocycles. The monoisotopic (exact) mass is 186 g/mol. The van der Waals surface area contributed by atoms with E-state index < -0.39 is 5.60 Å². The fraction of sp³-hybridized carbons (Fsp3) is 0.231. The summed E-state index contributed by atoms with van der Waals surface area (Å²) in [6, 6.07) is 9.81. The van der Waals surface area contributed by atoms with E-state index in [2.05, 4.69) is 5.92 Å². The fourth-order valence-electron chi connectivity index (χ4n) is 1.11. The molecule has 0 spiro atoms. The average Bonchev–Trinajstić information content (AvgIpc) is 2.17. The van der Waals surface area contributed by atoms with Crippen LogP contribution in [0.5, 0.6) is 0 Å². The van der Waals surface area contributed by atoms with Gasteiger partial charge < -0.3 is 5.11 Å². The molecular formula is C13H14O. The van der Waals surface area contributed by atoms with Crippen molar-refractivity contribution in [1.29, 1.82) is 0 Å². The fourth-order valence-corrected chi connectivity index (χ4v) is 1.11. The molecule has 0 bridgehead atoms. The van der Waals surface area contributed by atoms with Crippen molar-refractivity contribution in [1.82, 2.24) is 0 Å². The Labute approximate surface area is 85.1 Å². The predicted molar refractivity (Wildman–Crippen MR) is 59.5 cm³/mol. The van der Waals surface area contributed by atoms with Gasteiger partial charge in [0.15, 0.2) is 0 Å². The summed E-state index contributed by atoms with van der Waals surface area (Å²) in [5.74, 6) is 2.44. The summed E-state index contributed by atoms with van der Waals surface area (Å²) < 4.78 is 0. The zero-order valence-electron chi connectivity index (χ0n) is 8.27. The molecule has 14 heavy (non-hydrogen) atoms. The number of terminal acetylenes is 1. The molecule has 0 saturated carbocycles. The Morgan fingerprint density at radius 1 is 1.43 bits per heavy atom. The molecular weight excluding hydrogens is 172 g/mol. The van der Waals surface area contributed by atoms with Gasteiger partial charge in [-0.15, -0.1) is 12.3 Å². The molecule has 0 aliphatic rings. The smallest absolute Gasteiger partial charge is 0.0911 e. The van der Waals surface area contributed by atoms with Crippen LogP contribution in [0.3, 0.4) is 0 Å². The number of hydrogen-bond acceptors (Lipinski definition) is 1. The Morgan fingerprint density at radius 3 is 2.64 bits per heavy atom. The van der Waals surface area contributed by atoms with Crippen molar-refractivity contribution in [3.05, 3.63) is 42.0 Å². The van der Waals surface area contributed by atoms with Crippen molar-refractivity contribution in [3.63, 3.8) is 0 Å². The van der Waals surface area contributed by atoms with Gasteiger partial charge in [0.05, 0.1) is 5.60 Å². The van der Waals surface area contributed by atoms with Gasteiger partial charge in [0, 0.05) is 6.42 Å². The predicted octanol–water partition coefficient (Wildman–Crippen LogP) is 2.47. The number of benzene rings is 1. The Bertz CT molecular complexity index is 341. The first-order valence-corrected chi connectivity index (χ1v) is 4.54. The summed E-state index contributed by atoms with van der Waals surface area (Å²) in [6.45, 7) is 1.70. The molecule has 0 aliphatic carbocycles. The number of aliphatic hydroxyl groups is 1. The quantitative estimate of drug-likeness (QED) is 0.719. The summed E-state index contributed by atoms with van der Waals surface area (Å²) in [5.41, 5.74) is 0.148. The lowest BCUT2D eigenvalue weighted by Crippen LogP contribution is -2.19. The van der Waals surface area contributed by atoms with Gasteiger partial charge in [0.1, 0.15) is 0 Å². The highest BCUT2D eigenvalue weighted by atomic mass is 16.3. The molecule has 1 atom stereocenters. The molecule has 1 N–H and O–H groups in total. The minimum atomic E-state index is -0.912. The molecule has 1 nitrogen and oxygen atoms in total. The first-order valence-electron chi connectivity index (χ1n) is 4.54. The molecule has 1 aromatic rings. The second kappa shape index (κ2) is 4.64. The van der Waals surface area contributed by atoms with Crippen LogP contribution >= 0.6 is 0 Å². The molecule has 0 heterocycles. The standard InChI is InChI=1S/C13H14O/c1-3-10-13(2,14)11-9-12-7-5-4-6-8-12/h1,4-9,11,14H,10H2,2H3/b11-9+/t13-/m1/s1. The second-order valence-electron chi connectivity index (χ2n) is 3.48. The van der Waals surface area contributed by atoms with Gasteiger partial charge in [-0.25, -0.2) is 0 Å². The Balaban J connectivity index is 2.70. The molecule has 0 amide bonds. The van der Waals surface area contributed by atoms with Crippen LogP contribution in [0.25, 0.3) is 6.08 Å². The molecule has 0 saturated heterocycles. The van der Waals surface area contributed by atoms with Crippen LogP contribution in [-0.4, -0.2) is 10.7 Å². The largest absolute Gasteiger partial charge is 0.385 e. The van der Waals surface area contributed by atoms with E-state index in [1.165, 1.54) is 0 Å². The third kappa shape index (κ3) is 3.47. The number of hydrogen-bond donors (Lipinski definition) is 1. The van der Waals surface area contributed by atoms with Crippen LogP contribution in [0, 0.1) is 12.3 Å². The zero-order valence-corrected chi connectivity index (χ0v) is 8.27. The highest BCUT2D eigenvalue weighted by Gasteiger charge is 2.13. The van der Waals surface area contributed by atoms with Gasteiger partial charge >= 0.3 is 0 Å². The van der Waals surface area contributed by atoms with Crippen molar-refractivity contribution in [2.75, 3.05) is 0 Å². The lowest BCUT2D eigenvalue weighted by molar-refractivity contribution is 0.118. The summed E-state index contributed by atoms with van der Waals surface area (Å²) >= 11 is 0. The molecule has 1 heteroatoms. The van der Waals surface area contributed by atoms with E-state index >= 15 is 0 Å². The molecule has 1 aromatic carbocycles. The molecule has 0 aliphatic heterocycles. The normalized spacial score (nSPS) is 14.9. The minimum absolute atomic E-state index is 0.330. The third-order valence-electron chi connectivity index (χ3n) is 1.89. The van der Waals surface area contributed by atoms with Crippen LogP contribution < -0.4 is 0 Å². The van der Waals surface area contributed by atoms with Crippen molar-refractivity contribution in [2.24, 2.45) is 0 Å². The lowest BCUT2D eigenvalue weighted by atomic mass is 10.0. The van der Waals surface area contributed by atoms with Gasteiger partial charge in [0.25, 0.3) is 0 Å². The van der Waals surface area contributed by atoms with Crippen LogP contribution in [0.4, 0.5) is 0 Å². The number of rotatable bonds is 3. The first-order chi connectivity index (χ1) is 6.64. The maximum absolute atomic E-state index is 9.75. The van der Waals surface area contributed by atoms with Crippen LogP contribution in [-0.2, 0) is 0 Å². The molecule has 0 radical (unpaired) electrons. The average molecular weight is 186 g/mol. The Hall–Kier alpha value is -1.52. The summed E-state index contributed by atoms with van der Waals surface area (Å²) in [7, 11) is 0. The minimum Gasteiger partial charge on any atom is -0.385 e. The van der Waals surface area contributed by atoms with E-state index in [1.807, 2.05) is 36.4 Å². The first kappa shape index (κ1) is 10.6. The Morgan fingerprint density at radius 2 is 2.07 bits per heavy atom. The molecule has 0 fully saturated rings. The third-order valence-corrected chi connectivity index (χ3v) is 1.89. The topological polar surface area (TPSA) is 20.2 Å². The van der Waals surface area contributed by atoms with Crippen molar-refractivity contribution < 1.29 is 5.11 Å². The second-order valence-corrected chi connectivity index (χ2v) is 3.48. The van der Waals surface area contributed by atoms with E-state index in [0.29, 0.717) is 6.42 Å². The lowest BCUT2D eigenvalue weighted by Gasteiger charge is -2.14. The van der Waals surface area contributed by atoms with Crippen LogP contribution in [0.15, 0.2) is 36.4 Å². The molecule has 0 unspecified atom stereocenters. The van der Waals surface area contributed by atoms with E-state index in [-0.39, 0.29) is 0 Å². The van der Waals surface area contributed by atoms with Gasteiger partial charge in [-0.2, -0.15) is 0 Å². The highest BCUT2D eigenvalue weighted by Crippen LogP contribution is 2.12. The van der Waals surface area contributed by atoms with Gasteiger partial charge in [-0.1, -0.05) is 42.5 Å². The zero-order chi connectivity index (χ0) is 10.4. The summed E-state index contributed by atoms with van der Waals surface area (Å²) in [6.07, 6.45) is 9.07. The van der Waals surface area contributed by atoms with Crippen molar-refractivity contribution in [3.8, 4) is 12.3 Å². The molecule has 72 valence electrons. The van der Waals surface area contributed by atoms with Crippen LogP contribution in [0.2, 0.25) is 0 Å². The maximum atomic E-state index is 9.75. The van der Waals surface area contributed by atoms with Gasteiger partial charge in [-0.05, 0) is 12.5 Å². The van der Waals surface area contributed by atoms with Gasteiger partial charge in [-0.3, -0.25) is 0 Å². The van der Waals surface area contributed by atoms with E-state index in [1.54, 1.807) is 13.0 Å². The van der Waals surface area contributed by atoms with E-state index in [0.717, 1.165) is 5.56 Å². The van der Waals surface area contributed by atoms with Gasteiger partial charge in [0.2, 0.25) is 0 Å². The Kier molecular flexibility index (Phi) is 3.50. The SMILES string of the molecule is C#CC[C@@](C)(O)/C=C/c1ccccc1. The van der Waals surface area contributed by atoms with E-state index in [4.69, 9.17) is 6.42 Å². The summed E-state index contributed by atoms with van der Waals surface area (Å²) in [5, 5.41) is 9.75. The highest BCUT2D eigenvalue weighted by molar-refractivity contribution is 5.50.